The number of carbonyl (C=O) groups excluding carboxylic acids is 1. The van der Waals surface area contributed by atoms with E-state index in [2.05, 4.69) is 17.6 Å². The summed E-state index contributed by atoms with van der Waals surface area (Å²) in [5, 5.41) is 15.9. The number of piperidine rings is 1. The fourth-order valence-electron chi connectivity index (χ4n) is 3.48. The van der Waals surface area contributed by atoms with Crippen LogP contribution in [0.3, 0.4) is 0 Å². The fourth-order valence-corrected chi connectivity index (χ4v) is 3.48. The number of rotatable bonds is 4. The van der Waals surface area contributed by atoms with E-state index in [1.165, 1.54) is 12.8 Å². The highest BCUT2D eigenvalue weighted by Crippen LogP contribution is 2.30. The molecule has 1 aliphatic heterocycles. The van der Waals surface area contributed by atoms with Crippen molar-refractivity contribution in [1.29, 1.82) is 0 Å². The summed E-state index contributed by atoms with van der Waals surface area (Å²) in [6, 6.07) is 0. The van der Waals surface area contributed by atoms with Crippen molar-refractivity contribution in [2.45, 2.75) is 45.4 Å². The molecule has 0 aromatic heterocycles. The molecular weight excluding hydrogens is 240 g/mol. The second kappa shape index (κ2) is 6.71. The predicted octanol–water partition coefficient (Wildman–Crippen LogP) is 1.29. The third kappa shape index (κ3) is 3.69. The average Bonchev–Trinajstić information content (AvgIpc) is 2.45. The summed E-state index contributed by atoms with van der Waals surface area (Å²) in [7, 11) is 0. The maximum Gasteiger partial charge on any atom is 0.227 e. The molecule has 3 atom stereocenters. The molecule has 19 heavy (non-hydrogen) atoms. The van der Waals surface area contributed by atoms with Gasteiger partial charge in [-0.15, -0.1) is 0 Å². The van der Waals surface area contributed by atoms with E-state index in [9.17, 15) is 9.90 Å². The Balaban J connectivity index is 1.81. The molecule has 1 aliphatic carbocycles. The van der Waals surface area contributed by atoms with Crippen LogP contribution in [0.15, 0.2) is 0 Å². The monoisotopic (exact) mass is 268 g/mol. The molecule has 1 saturated heterocycles. The van der Waals surface area contributed by atoms with Crippen molar-refractivity contribution >= 4 is 5.91 Å². The lowest BCUT2D eigenvalue weighted by atomic mass is 9.78. The Hall–Kier alpha value is -0.610. The molecule has 3 N–H and O–H groups in total. The van der Waals surface area contributed by atoms with Crippen LogP contribution in [-0.2, 0) is 4.79 Å². The van der Waals surface area contributed by atoms with Gasteiger partial charge in [-0.25, -0.2) is 0 Å². The maximum absolute atomic E-state index is 12.3. The fraction of sp³-hybridized carbons (Fsp3) is 0.933. The van der Waals surface area contributed by atoms with Crippen LogP contribution in [0.25, 0.3) is 0 Å². The number of carbonyl (C=O) groups is 1. The van der Waals surface area contributed by atoms with Gasteiger partial charge in [0.1, 0.15) is 0 Å². The standard InChI is InChI=1S/C15H28N2O2/c1-15(7-4-8-16-11-15)14(19)17-9-12-5-2-3-6-13(12)10-18/h12-13,16,18H,2-11H2,1H3,(H,17,19). The third-order valence-electron chi connectivity index (χ3n) is 4.97. The van der Waals surface area contributed by atoms with E-state index in [-0.39, 0.29) is 17.9 Å². The largest absolute Gasteiger partial charge is 0.396 e. The van der Waals surface area contributed by atoms with Gasteiger partial charge in [-0.3, -0.25) is 4.79 Å². The van der Waals surface area contributed by atoms with E-state index >= 15 is 0 Å². The van der Waals surface area contributed by atoms with Crippen molar-refractivity contribution in [2.24, 2.45) is 17.3 Å². The zero-order valence-electron chi connectivity index (χ0n) is 12.1. The van der Waals surface area contributed by atoms with E-state index < -0.39 is 0 Å². The lowest BCUT2D eigenvalue weighted by Gasteiger charge is -2.35. The Morgan fingerprint density at radius 1 is 1.32 bits per heavy atom. The van der Waals surface area contributed by atoms with E-state index in [1.807, 2.05) is 0 Å². The van der Waals surface area contributed by atoms with Crippen molar-refractivity contribution in [1.82, 2.24) is 10.6 Å². The number of hydrogen-bond donors (Lipinski definition) is 3. The van der Waals surface area contributed by atoms with Gasteiger partial charge >= 0.3 is 0 Å². The lowest BCUT2D eigenvalue weighted by Crippen LogP contribution is -2.50. The molecule has 0 aromatic rings. The molecule has 0 aromatic carbocycles. The van der Waals surface area contributed by atoms with Gasteiger partial charge in [-0.1, -0.05) is 12.8 Å². The molecule has 0 radical (unpaired) electrons. The summed E-state index contributed by atoms with van der Waals surface area (Å²) < 4.78 is 0. The van der Waals surface area contributed by atoms with Crippen LogP contribution in [0.2, 0.25) is 0 Å². The first-order valence-corrected chi connectivity index (χ1v) is 7.75. The molecule has 0 spiro atoms. The van der Waals surface area contributed by atoms with Crippen molar-refractivity contribution in [3.8, 4) is 0 Å². The highest BCUT2D eigenvalue weighted by atomic mass is 16.3. The molecule has 4 heteroatoms. The van der Waals surface area contributed by atoms with Gasteiger partial charge in [-0.2, -0.15) is 0 Å². The van der Waals surface area contributed by atoms with E-state index in [1.54, 1.807) is 0 Å². The molecule has 1 heterocycles. The topological polar surface area (TPSA) is 61.4 Å². The lowest BCUT2D eigenvalue weighted by molar-refractivity contribution is -0.131. The van der Waals surface area contributed by atoms with Crippen LogP contribution in [0.4, 0.5) is 0 Å². The van der Waals surface area contributed by atoms with Crippen molar-refractivity contribution in [3.05, 3.63) is 0 Å². The van der Waals surface area contributed by atoms with Crippen LogP contribution in [0.5, 0.6) is 0 Å². The van der Waals surface area contributed by atoms with Crippen molar-refractivity contribution < 1.29 is 9.90 Å². The minimum Gasteiger partial charge on any atom is -0.396 e. The third-order valence-corrected chi connectivity index (χ3v) is 4.97. The van der Waals surface area contributed by atoms with E-state index in [4.69, 9.17) is 0 Å². The zero-order valence-corrected chi connectivity index (χ0v) is 12.1. The number of amides is 1. The van der Waals surface area contributed by atoms with Crippen LogP contribution >= 0.6 is 0 Å². The highest BCUT2D eigenvalue weighted by Gasteiger charge is 2.35. The normalized spacial score (nSPS) is 35.9. The molecule has 1 amide bonds. The molecule has 2 aliphatic rings. The molecular formula is C15H28N2O2. The van der Waals surface area contributed by atoms with Gasteiger partial charge in [0, 0.05) is 19.7 Å². The molecule has 2 fully saturated rings. The van der Waals surface area contributed by atoms with E-state index in [0.717, 1.165) is 45.3 Å². The summed E-state index contributed by atoms with van der Waals surface area (Å²) in [5.74, 6) is 1.02. The smallest absolute Gasteiger partial charge is 0.227 e. The minimum atomic E-state index is -0.248. The number of hydrogen-bond acceptors (Lipinski definition) is 3. The van der Waals surface area contributed by atoms with Gasteiger partial charge < -0.3 is 15.7 Å². The summed E-state index contributed by atoms with van der Waals surface area (Å²) >= 11 is 0. The van der Waals surface area contributed by atoms with Crippen molar-refractivity contribution in [2.75, 3.05) is 26.2 Å². The SMILES string of the molecule is CC1(C(=O)NCC2CCCCC2CO)CCCNC1. The van der Waals surface area contributed by atoms with Crippen LogP contribution < -0.4 is 10.6 Å². The Morgan fingerprint density at radius 2 is 2.05 bits per heavy atom. The number of aliphatic hydroxyl groups excluding tert-OH is 1. The van der Waals surface area contributed by atoms with Gasteiger partial charge in [0.15, 0.2) is 0 Å². The van der Waals surface area contributed by atoms with Crippen LogP contribution in [0, 0.1) is 17.3 Å². The van der Waals surface area contributed by atoms with E-state index in [0.29, 0.717) is 11.8 Å². The second-order valence-corrected chi connectivity index (χ2v) is 6.54. The number of aliphatic hydroxyl groups is 1. The van der Waals surface area contributed by atoms with Gasteiger partial charge in [0.25, 0.3) is 0 Å². The first kappa shape index (κ1) is 14.8. The molecule has 0 bridgehead atoms. The summed E-state index contributed by atoms with van der Waals surface area (Å²) in [5.41, 5.74) is -0.248. The summed E-state index contributed by atoms with van der Waals surface area (Å²) in [4.78, 5) is 12.3. The first-order valence-electron chi connectivity index (χ1n) is 7.75. The molecule has 1 saturated carbocycles. The number of nitrogens with one attached hydrogen (secondary N) is 2. The van der Waals surface area contributed by atoms with Crippen LogP contribution in [0.1, 0.15) is 45.4 Å². The highest BCUT2D eigenvalue weighted by molar-refractivity contribution is 5.82. The van der Waals surface area contributed by atoms with Gasteiger partial charge in [-0.05, 0) is 51.0 Å². The zero-order chi connectivity index (χ0) is 13.7. The molecule has 3 unspecified atom stereocenters. The quantitative estimate of drug-likeness (QED) is 0.720. The van der Waals surface area contributed by atoms with Crippen LogP contribution in [-0.4, -0.2) is 37.3 Å². The van der Waals surface area contributed by atoms with Crippen molar-refractivity contribution in [3.63, 3.8) is 0 Å². The molecule has 2 rings (SSSR count). The first-order chi connectivity index (χ1) is 9.15. The summed E-state index contributed by atoms with van der Waals surface area (Å²) in [6.45, 7) is 4.86. The average molecular weight is 268 g/mol. The predicted molar refractivity (Wildman–Crippen MR) is 75.8 cm³/mol. The Morgan fingerprint density at radius 3 is 2.68 bits per heavy atom. The Bertz CT molecular complexity index is 301. The van der Waals surface area contributed by atoms with Gasteiger partial charge in [0.2, 0.25) is 5.91 Å². The summed E-state index contributed by atoms with van der Waals surface area (Å²) in [6.07, 6.45) is 6.75. The molecule has 4 nitrogen and oxygen atoms in total. The Labute approximate surface area is 116 Å². The maximum atomic E-state index is 12.3. The second-order valence-electron chi connectivity index (χ2n) is 6.54. The molecule has 110 valence electrons. The minimum absolute atomic E-state index is 0.182. The Kier molecular flexibility index (Phi) is 5.22. The van der Waals surface area contributed by atoms with Gasteiger partial charge in [0.05, 0.1) is 5.41 Å².